The minimum Gasteiger partial charge on any atom is -0.550 e. The lowest BCUT2D eigenvalue weighted by Gasteiger charge is -2.35. The van der Waals surface area contributed by atoms with Crippen LogP contribution >= 0.6 is 0 Å². The van der Waals surface area contributed by atoms with Gasteiger partial charge in [0.25, 0.3) is 0 Å². The molecule has 0 spiro atoms. The highest BCUT2D eigenvalue weighted by atomic mass is 17.3. The van der Waals surface area contributed by atoms with Gasteiger partial charge in [0.15, 0.2) is 0 Å². The summed E-state index contributed by atoms with van der Waals surface area (Å²) in [5.74, 6) is -3.17. The third-order valence-corrected chi connectivity index (χ3v) is 2.79. The zero-order chi connectivity index (χ0) is 18.3. The lowest BCUT2D eigenvalue weighted by molar-refractivity contribution is -0.539. The van der Waals surface area contributed by atoms with Gasteiger partial charge in [0.1, 0.15) is 0 Å². The van der Waals surface area contributed by atoms with Crippen molar-refractivity contribution in [2.75, 3.05) is 0 Å². The molecule has 23 heavy (non-hydrogen) atoms. The van der Waals surface area contributed by atoms with Gasteiger partial charge in [-0.25, -0.2) is 9.78 Å². The second kappa shape index (κ2) is 8.97. The van der Waals surface area contributed by atoms with Gasteiger partial charge in [-0.15, -0.1) is 0 Å². The van der Waals surface area contributed by atoms with E-state index in [2.05, 4.69) is 0 Å². The second-order valence-corrected chi connectivity index (χ2v) is 8.05. The number of unbranched alkanes of at least 4 members (excludes halogenated alkanes) is 1. The molecule has 0 aromatic carbocycles. The molecule has 138 valence electrons. The topological polar surface area (TPSA) is 77.0 Å². The van der Waals surface area contributed by atoms with Gasteiger partial charge < -0.3 is 9.90 Å². The van der Waals surface area contributed by atoms with Crippen LogP contribution in [0.15, 0.2) is 0 Å². The smallest absolute Gasteiger partial charge is 0.231 e. The summed E-state index contributed by atoms with van der Waals surface area (Å²) in [6.45, 7) is 14.6. The summed E-state index contributed by atoms with van der Waals surface area (Å²) in [5, 5.41) is 11.4. The Morgan fingerprint density at radius 1 is 0.913 bits per heavy atom. The number of carboxylic acids is 1. The molecular weight excluding hydrogens is 300 g/mol. The average molecular weight is 333 g/mol. The van der Waals surface area contributed by atoms with E-state index in [9.17, 15) is 9.90 Å². The zero-order valence-corrected chi connectivity index (χ0v) is 15.9. The second-order valence-electron chi connectivity index (χ2n) is 8.05. The third kappa shape index (κ3) is 11.5. The average Bonchev–Trinajstić information content (AvgIpc) is 2.37. The summed E-state index contributed by atoms with van der Waals surface area (Å²) in [5.41, 5.74) is -1.13. The predicted molar refractivity (Wildman–Crippen MR) is 84.9 cm³/mol. The van der Waals surface area contributed by atoms with Crippen molar-refractivity contribution < 1.29 is 29.5 Å². The minimum absolute atomic E-state index is 0.0709. The van der Waals surface area contributed by atoms with E-state index in [1.807, 2.05) is 48.5 Å². The molecule has 1 unspecified atom stereocenters. The highest BCUT2D eigenvalue weighted by Gasteiger charge is 2.36. The minimum atomic E-state index is -1.35. The summed E-state index contributed by atoms with van der Waals surface area (Å²) >= 11 is 0. The SMILES string of the molecule is CCCCC(CC(C)(OOC(C)(C)C)OOC(C)(C)C)C(=O)[O-]. The Kier molecular flexibility index (Phi) is 8.70. The molecule has 0 aliphatic heterocycles. The van der Waals surface area contributed by atoms with Crippen molar-refractivity contribution in [1.82, 2.24) is 0 Å². The molecule has 0 saturated carbocycles. The molecule has 0 heterocycles. The Bertz CT molecular complexity index is 335. The Morgan fingerprint density at radius 3 is 1.65 bits per heavy atom. The van der Waals surface area contributed by atoms with E-state index in [1.165, 1.54) is 0 Å². The summed E-state index contributed by atoms with van der Waals surface area (Å²) in [6, 6.07) is 0. The van der Waals surface area contributed by atoms with Crippen LogP contribution in [0.25, 0.3) is 0 Å². The number of carboxylic acid groups (broad SMARTS) is 1. The van der Waals surface area contributed by atoms with Crippen molar-refractivity contribution >= 4 is 5.97 Å². The fourth-order valence-electron chi connectivity index (χ4n) is 1.71. The summed E-state index contributed by atoms with van der Waals surface area (Å²) in [7, 11) is 0. The van der Waals surface area contributed by atoms with Crippen molar-refractivity contribution in [2.45, 2.75) is 98.1 Å². The van der Waals surface area contributed by atoms with Crippen LogP contribution < -0.4 is 5.11 Å². The predicted octanol–water partition coefficient (Wildman–Crippen LogP) is 3.14. The van der Waals surface area contributed by atoms with Crippen LogP contribution in [0.2, 0.25) is 0 Å². The normalized spacial score (nSPS) is 14.8. The highest BCUT2D eigenvalue weighted by molar-refractivity contribution is 5.67. The van der Waals surface area contributed by atoms with E-state index in [0.29, 0.717) is 6.42 Å². The van der Waals surface area contributed by atoms with Crippen LogP contribution in [0.1, 0.15) is 81.1 Å². The number of hydrogen-bond acceptors (Lipinski definition) is 6. The first-order chi connectivity index (χ1) is 10.3. The van der Waals surface area contributed by atoms with Gasteiger partial charge in [0.05, 0.1) is 11.2 Å². The molecule has 0 aromatic heterocycles. The van der Waals surface area contributed by atoms with Gasteiger partial charge in [-0.1, -0.05) is 19.8 Å². The molecule has 0 amide bonds. The van der Waals surface area contributed by atoms with E-state index in [0.717, 1.165) is 12.8 Å². The van der Waals surface area contributed by atoms with Crippen LogP contribution in [0.5, 0.6) is 0 Å². The van der Waals surface area contributed by atoms with Gasteiger partial charge in [-0.3, -0.25) is 0 Å². The molecule has 1 atom stereocenters. The van der Waals surface area contributed by atoms with E-state index in [-0.39, 0.29) is 6.42 Å². The fraction of sp³-hybridized carbons (Fsp3) is 0.941. The quantitative estimate of drug-likeness (QED) is 0.347. The Hall–Kier alpha value is -0.690. The molecule has 0 saturated heterocycles. The fourth-order valence-corrected chi connectivity index (χ4v) is 1.71. The number of carbonyl (C=O) groups excluding carboxylic acids is 1. The molecule has 0 aliphatic rings. The molecule has 0 N–H and O–H groups in total. The van der Waals surface area contributed by atoms with Crippen molar-refractivity contribution in [3.8, 4) is 0 Å². The summed E-state index contributed by atoms with van der Waals surface area (Å²) < 4.78 is 0. The molecule has 0 bridgehead atoms. The van der Waals surface area contributed by atoms with Crippen molar-refractivity contribution in [2.24, 2.45) is 5.92 Å². The maximum absolute atomic E-state index is 11.4. The zero-order valence-electron chi connectivity index (χ0n) is 15.9. The Labute approximate surface area is 140 Å². The van der Waals surface area contributed by atoms with Gasteiger partial charge in [0, 0.05) is 18.3 Å². The van der Waals surface area contributed by atoms with Crippen molar-refractivity contribution in [1.29, 1.82) is 0 Å². The molecule has 6 nitrogen and oxygen atoms in total. The van der Waals surface area contributed by atoms with Crippen LogP contribution in [0, 0.1) is 5.92 Å². The van der Waals surface area contributed by atoms with E-state index in [1.54, 1.807) is 6.92 Å². The molecule has 0 fully saturated rings. The van der Waals surface area contributed by atoms with E-state index < -0.39 is 28.9 Å². The first-order valence-corrected chi connectivity index (χ1v) is 8.22. The molecule has 6 heteroatoms. The number of aliphatic carboxylic acids is 1. The summed E-state index contributed by atoms with van der Waals surface area (Å²) in [4.78, 5) is 32.9. The van der Waals surface area contributed by atoms with Crippen LogP contribution in [-0.4, -0.2) is 23.0 Å². The van der Waals surface area contributed by atoms with E-state index in [4.69, 9.17) is 19.6 Å². The first-order valence-electron chi connectivity index (χ1n) is 8.22. The van der Waals surface area contributed by atoms with Crippen LogP contribution in [0.4, 0.5) is 0 Å². The van der Waals surface area contributed by atoms with Gasteiger partial charge in [-0.2, -0.15) is 9.78 Å². The van der Waals surface area contributed by atoms with Crippen LogP contribution in [-0.2, 0) is 24.3 Å². The largest absolute Gasteiger partial charge is 0.550 e. The monoisotopic (exact) mass is 333 g/mol. The van der Waals surface area contributed by atoms with Gasteiger partial charge in [-0.05, 0) is 54.9 Å². The van der Waals surface area contributed by atoms with Crippen molar-refractivity contribution in [3.05, 3.63) is 0 Å². The van der Waals surface area contributed by atoms with Crippen LogP contribution in [0.3, 0.4) is 0 Å². The molecular formula is C17H33O6-. The molecule has 0 aromatic rings. The number of carbonyl (C=O) groups is 1. The Morgan fingerprint density at radius 2 is 1.35 bits per heavy atom. The third-order valence-electron chi connectivity index (χ3n) is 2.79. The lowest BCUT2D eigenvalue weighted by Crippen LogP contribution is -2.43. The number of rotatable bonds is 10. The molecule has 0 rings (SSSR count). The van der Waals surface area contributed by atoms with Gasteiger partial charge >= 0.3 is 0 Å². The highest BCUT2D eigenvalue weighted by Crippen LogP contribution is 2.29. The summed E-state index contributed by atoms with van der Waals surface area (Å²) in [6.07, 6.45) is 2.25. The molecule has 0 aliphatic carbocycles. The molecule has 0 radical (unpaired) electrons. The number of hydrogen-bond donors (Lipinski definition) is 0. The van der Waals surface area contributed by atoms with E-state index >= 15 is 0 Å². The lowest BCUT2D eigenvalue weighted by atomic mass is 9.94. The Balaban J connectivity index is 5.02. The maximum atomic E-state index is 11.4. The first kappa shape index (κ1) is 22.3. The standard InChI is InChI=1S/C17H34O6/c1-9-10-11-13(14(18)19)12-17(8,22-20-15(2,3)4)23-21-16(5,6)7/h13H,9-12H2,1-8H3,(H,18,19)/p-1. The van der Waals surface area contributed by atoms with Gasteiger partial charge in [0.2, 0.25) is 5.79 Å². The maximum Gasteiger partial charge on any atom is 0.231 e. The van der Waals surface area contributed by atoms with Crippen molar-refractivity contribution in [3.63, 3.8) is 0 Å².